The topological polar surface area (TPSA) is 41.1 Å². The molecule has 0 aliphatic carbocycles. The quantitative estimate of drug-likeness (QED) is 0.906. The van der Waals surface area contributed by atoms with Crippen molar-refractivity contribution in [2.45, 2.75) is 25.3 Å². The number of carbonyl (C=O) groups excluding carboxylic acids is 1. The number of para-hydroxylation sites is 1. The van der Waals surface area contributed by atoms with E-state index in [1.807, 2.05) is 42.6 Å². The molecule has 2 aromatic rings. The molecular weight excluding hydrogens is 268 g/mol. The molecule has 4 heteroatoms. The number of thiophene rings is 1. The van der Waals surface area contributed by atoms with Crippen LogP contribution in [0.5, 0.6) is 0 Å². The summed E-state index contributed by atoms with van der Waals surface area (Å²) < 4.78 is 0. The van der Waals surface area contributed by atoms with Gasteiger partial charge in [0.25, 0.3) is 0 Å². The Balaban J connectivity index is 1.75. The van der Waals surface area contributed by atoms with E-state index in [9.17, 15) is 4.79 Å². The fourth-order valence-electron chi connectivity index (χ4n) is 2.66. The van der Waals surface area contributed by atoms with Crippen LogP contribution in [0.3, 0.4) is 0 Å². The van der Waals surface area contributed by atoms with E-state index in [-0.39, 0.29) is 17.9 Å². The second-order valence-corrected chi connectivity index (χ2v) is 6.08. The van der Waals surface area contributed by atoms with Gasteiger partial charge < -0.3 is 10.6 Å². The molecule has 0 spiro atoms. The molecule has 1 aromatic carbocycles. The Kier molecular flexibility index (Phi) is 3.74. The van der Waals surface area contributed by atoms with Crippen LogP contribution in [0.4, 0.5) is 5.69 Å². The van der Waals surface area contributed by atoms with Gasteiger partial charge in [-0.15, -0.1) is 11.3 Å². The number of benzene rings is 1. The van der Waals surface area contributed by atoms with Gasteiger partial charge in [0.05, 0.1) is 12.0 Å². The van der Waals surface area contributed by atoms with Crippen LogP contribution in [-0.2, 0) is 4.79 Å². The second kappa shape index (κ2) is 5.67. The smallest absolute Gasteiger partial charge is 0.228 e. The summed E-state index contributed by atoms with van der Waals surface area (Å²) in [6.07, 6.45) is 0.847. The van der Waals surface area contributed by atoms with Gasteiger partial charge in [0.2, 0.25) is 5.91 Å². The maximum Gasteiger partial charge on any atom is 0.228 e. The molecule has 2 heterocycles. The third-order valence-electron chi connectivity index (χ3n) is 3.73. The third kappa shape index (κ3) is 2.56. The highest BCUT2D eigenvalue weighted by Gasteiger charge is 2.27. The van der Waals surface area contributed by atoms with Crippen molar-refractivity contribution in [3.63, 3.8) is 0 Å². The van der Waals surface area contributed by atoms with Crippen molar-refractivity contribution in [1.82, 2.24) is 5.32 Å². The number of carbonyl (C=O) groups is 1. The lowest BCUT2D eigenvalue weighted by molar-refractivity contribution is -0.123. The predicted molar refractivity (Wildman–Crippen MR) is 83.2 cm³/mol. The van der Waals surface area contributed by atoms with Gasteiger partial charge in [-0.1, -0.05) is 24.3 Å². The average molecular weight is 286 g/mol. The summed E-state index contributed by atoms with van der Waals surface area (Å²) in [7, 11) is 0. The highest BCUT2D eigenvalue weighted by Crippen LogP contribution is 2.32. The van der Waals surface area contributed by atoms with Gasteiger partial charge in [0, 0.05) is 17.1 Å². The zero-order chi connectivity index (χ0) is 13.9. The summed E-state index contributed by atoms with van der Waals surface area (Å²) in [5, 5.41) is 8.53. The van der Waals surface area contributed by atoms with Gasteiger partial charge in [-0.25, -0.2) is 0 Å². The van der Waals surface area contributed by atoms with Gasteiger partial charge >= 0.3 is 0 Å². The highest BCUT2D eigenvalue weighted by molar-refractivity contribution is 7.10. The summed E-state index contributed by atoms with van der Waals surface area (Å²) in [6, 6.07) is 12.2. The first-order chi connectivity index (χ1) is 9.75. The Hall–Kier alpha value is -1.81. The Morgan fingerprint density at radius 2 is 2.20 bits per heavy atom. The molecule has 1 amide bonds. The monoisotopic (exact) mass is 286 g/mol. The van der Waals surface area contributed by atoms with Gasteiger partial charge in [0.15, 0.2) is 0 Å². The van der Waals surface area contributed by atoms with Crippen molar-refractivity contribution in [3.8, 4) is 0 Å². The van der Waals surface area contributed by atoms with Crippen LogP contribution in [-0.4, -0.2) is 12.5 Å². The summed E-state index contributed by atoms with van der Waals surface area (Å²) in [5.74, 6) is 0.0784. The lowest BCUT2D eigenvalue weighted by atomic mass is 9.90. The van der Waals surface area contributed by atoms with Crippen LogP contribution in [0.15, 0.2) is 41.8 Å². The summed E-state index contributed by atoms with van der Waals surface area (Å²) in [4.78, 5) is 13.7. The standard InChI is InChI=1S/C16H18N2OS/c1-11(15-7-4-10-20-15)18-16(19)13-8-9-17-14-6-3-2-5-12(13)14/h2-7,10-11,13,17H,8-9H2,1H3,(H,18,19)/t11-,13?/m0/s1. The van der Waals surface area contributed by atoms with Crippen molar-refractivity contribution in [2.75, 3.05) is 11.9 Å². The maximum atomic E-state index is 12.5. The molecule has 3 nitrogen and oxygen atoms in total. The molecule has 1 aliphatic heterocycles. The molecule has 1 unspecified atom stereocenters. The summed E-state index contributed by atoms with van der Waals surface area (Å²) in [6.45, 7) is 2.89. The van der Waals surface area contributed by atoms with Gasteiger partial charge in [-0.05, 0) is 36.4 Å². The average Bonchev–Trinajstić information content (AvgIpc) is 3.01. The first-order valence-electron chi connectivity index (χ1n) is 6.92. The predicted octanol–water partition coefficient (Wildman–Crippen LogP) is 3.52. The molecule has 2 N–H and O–H groups in total. The Morgan fingerprint density at radius 1 is 1.35 bits per heavy atom. The number of hydrogen-bond acceptors (Lipinski definition) is 3. The Bertz CT molecular complexity index is 594. The molecule has 104 valence electrons. The molecule has 0 fully saturated rings. The Labute approximate surface area is 123 Å². The van der Waals surface area contributed by atoms with Crippen LogP contribution >= 0.6 is 11.3 Å². The molecule has 0 bridgehead atoms. The largest absolute Gasteiger partial charge is 0.385 e. The van der Waals surface area contributed by atoms with Crippen LogP contribution in [0.1, 0.15) is 35.7 Å². The molecule has 2 atom stereocenters. The van der Waals surface area contributed by atoms with E-state index in [2.05, 4.69) is 16.7 Å². The minimum Gasteiger partial charge on any atom is -0.385 e. The fourth-order valence-corrected chi connectivity index (χ4v) is 3.40. The van der Waals surface area contributed by atoms with Crippen LogP contribution in [0, 0.1) is 0 Å². The Morgan fingerprint density at radius 3 is 3.00 bits per heavy atom. The molecule has 3 rings (SSSR count). The molecule has 1 aliphatic rings. The van der Waals surface area contributed by atoms with Crippen molar-refractivity contribution in [1.29, 1.82) is 0 Å². The van der Waals surface area contributed by atoms with Gasteiger partial charge in [-0.3, -0.25) is 4.79 Å². The third-order valence-corrected chi connectivity index (χ3v) is 4.78. The van der Waals surface area contributed by atoms with E-state index >= 15 is 0 Å². The summed E-state index contributed by atoms with van der Waals surface area (Å²) in [5.41, 5.74) is 2.19. The molecular formula is C16H18N2OS. The lowest BCUT2D eigenvalue weighted by Gasteiger charge is -2.27. The molecule has 0 radical (unpaired) electrons. The van der Waals surface area contributed by atoms with Gasteiger partial charge in [0.1, 0.15) is 0 Å². The van der Waals surface area contributed by atoms with Crippen LogP contribution in [0.2, 0.25) is 0 Å². The van der Waals surface area contributed by atoms with Crippen LogP contribution < -0.4 is 10.6 Å². The van der Waals surface area contributed by atoms with E-state index < -0.39 is 0 Å². The van der Waals surface area contributed by atoms with Crippen molar-refractivity contribution >= 4 is 22.9 Å². The van der Waals surface area contributed by atoms with Crippen molar-refractivity contribution in [3.05, 3.63) is 52.2 Å². The number of fused-ring (bicyclic) bond motifs is 1. The zero-order valence-corrected chi connectivity index (χ0v) is 12.2. The number of rotatable bonds is 3. The molecule has 0 saturated heterocycles. The summed E-state index contributed by atoms with van der Waals surface area (Å²) >= 11 is 1.68. The number of nitrogens with one attached hydrogen (secondary N) is 2. The molecule has 0 saturated carbocycles. The first kappa shape index (κ1) is 13.2. The zero-order valence-electron chi connectivity index (χ0n) is 11.4. The first-order valence-corrected chi connectivity index (χ1v) is 7.80. The molecule has 20 heavy (non-hydrogen) atoms. The highest BCUT2D eigenvalue weighted by atomic mass is 32.1. The van der Waals surface area contributed by atoms with Crippen molar-refractivity contribution in [2.24, 2.45) is 0 Å². The van der Waals surface area contributed by atoms with Crippen molar-refractivity contribution < 1.29 is 4.79 Å². The lowest BCUT2D eigenvalue weighted by Crippen LogP contribution is -2.34. The maximum absolute atomic E-state index is 12.5. The van der Waals surface area contributed by atoms with E-state index in [0.29, 0.717) is 0 Å². The number of anilines is 1. The fraction of sp³-hybridized carbons (Fsp3) is 0.312. The second-order valence-electron chi connectivity index (χ2n) is 5.10. The van der Waals surface area contributed by atoms with E-state index in [1.54, 1.807) is 11.3 Å². The number of amides is 1. The van der Waals surface area contributed by atoms with E-state index in [1.165, 1.54) is 4.88 Å². The minimum atomic E-state index is -0.0464. The normalized spacial score (nSPS) is 18.8. The van der Waals surface area contributed by atoms with E-state index in [4.69, 9.17) is 0 Å². The number of hydrogen-bond donors (Lipinski definition) is 2. The SMILES string of the molecule is C[C@H](NC(=O)C1CCNc2ccccc21)c1cccs1. The van der Waals surface area contributed by atoms with E-state index in [0.717, 1.165) is 24.2 Å². The van der Waals surface area contributed by atoms with Crippen LogP contribution in [0.25, 0.3) is 0 Å². The van der Waals surface area contributed by atoms with Gasteiger partial charge in [-0.2, -0.15) is 0 Å². The molecule has 1 aromatic heterocycles. The minimum absolute atomic E-state index is 0.0464.